The lowest BCUT2D eigenvalue weighted by molar-refractivity contribution is 0.102. The van der Waals surface area contributed by atoms with E-state index < -0.39 is 11.8 Å². The van der Waals surface area contributed by atoms with Crippen LogP contribution in [0.5, 0.6) is 5.75 Å². The second-order valence-corrected chi connectivity index (χ2v) is 9.92. The molecule has 1 unspecified atom stereocenters. The summed E-state index contributed by atoms with van der Waals surface area (Å²) < 4.78 is 10.6. The van der Waals surface area contributed by atoms with E-state index in [9.17, 15) is 14.7 Å². The number of benzene rings is 1. The van der Waals surface area contributed by atoms with Crippen LogP contribution in [0.1, 0.15) is 25.6 Å². The van der Waals surface area contributed by atoms with Gasteiger partial charge in [-0.1, -0.05) is 34.8 Å². The van der Waals surface area contributed by atoms with Crippen molar-refractivity contribution in [3.8, 4) is 5.75 Å². The van der Waals surface area contributed by atoms with Crippen molar-refractivity contribution >= 4 is 75.5 Å². The Morgan fingerprint density at radius 2 is 2.03 bits per heavy atom. The van der Waals surface area contributed by atoms with Gasteiger partial charge in [0.05, 0.1) is 47.6 Å². The smallest absolute Gasteiger partial charge is 0.285 e. The highest BCUT2D eigenvalue weighted by atomic mass is 35.5. The molecule has 0 saturated carbocycles. The summed E-state index contributed by atoms with van der Waals surface area (Å²) in [5, 5.41) is 25.3. The normalized spacial score (nSPS) is 14.9. The van der Waals surface area contributed by atoms with Crippen LogP contribution in [0, 0.1) is 5.41 Å². The van der Waals surface area contributed by atoms with Gasteiger partial charge in [-0.25, -0.2) is 4.98 Å². The molecular weight excluding hydrogens is 565 g/mol. The molecule has 2 aromatic heterocycles. The van der Waals surface area contributed by atoms with Crippen LogP contribution in [0.15, 0.2) is 35.8 Å². The number of pyridine rings is 1. The number of methoxy groups -OCH3 is 1. The van der Waals surface area contributed by atoms with Crippen molar-refractivity contribution in [1.82, 2.24) is 9.88 Å². The minimum absolute atomic E-state index is 0.0378. The van der Waals surface area contributed by atoms with Gasteiger partial charge in [-0.2, -0.15) is 0 Å². The molecule has 4 rings (SSSR count). The van der Waals surface area contributed by atoms with Gasteiger partial charge in [-0.15, -0.1) is 11.3 Å². The highest BCUT2D eigenvalue weighted by molar-refractivity contribution is 7.13. The molecular formula is C23H20Cl3N5O5S. The van der Waals surface area contributed by atoms with Crippen LogP contribution < -0.4 is 15.4 Å². The van der Waals surface area contributed by atoms with E-state index in [0.29, 0.717) is 10.6 Å². The third-order valence-corrected chi connectivity index (χ3v) is 7.42. The first kappa shape index (κ1) is 27.0. The van der Waals surface area contributed by atoms with Crippen LogP contribution >= 0.6 is 46.1 Å². The number of aromatic nitrogens is 1. The van der Waals surface area contributed by atoms with Gasteiger partial charge >= 0.3 is 0 Å². The molecule has 4 N–H and O–H groups in total. The fourth-order valence-electron chi connectivity index (χ4n) is 3.54. The number of amides is 2. The number of ether oxygens (including phenoxy) is 2. The maximum absolute atomic E-state index is 13.2. The van der Waals surface area contributed by atoms with E-state index in [1.165, 1.54) is 31.5 Å². The largest absolute Gasteiger partial charge is 0.494 e. The van der Waals surface area contributed by atoms with E-state index in [1.54, 1.807) is 16.3 Å². The van der Waals surface area contributed by atoms with E-state index in [2.05, 4.69) is 15.6 Å². The highest BCUT2D eigenvalue weighted by Gasteiger charge is 2.31. The molecule has 194 valence electrons. The van der Waals surface area contributed by atoms with Crippen molar-refractivity contribution in [3.05, 3.63) is 66.9 Å². The van der Waals surface area contributed by atoms with Gasteiger partial charge in [0.2, 0.25) is 0 Å². The predicted octanol–water partition coefficient (Wildman–Crippen LogP) is 4.74. The van der Waals surface area contributed by atoms with E-state index in [1.807, 2.05) is 0 Å². The number of rotatable bonds is 8. The fraction of sp³-hybridized carbons (Fsp3) is 0.217. The lowest BCUT2D eigenvalue weighted by Gasteiger charge is -2.20. The molecule has 0 radical (unpaired) electrons. The van der Waals surface area contributed by atoms with Gasteiger partial charge in [-0.05, 0) is 23.6 Å². The highest BCUT2D eigenvalue weighted by Crippen LogP contribution is 2.36. The monoisotopic (exact) mass is 583 g/mol. The maximum atomic E-state index is 13.2. The number of hydrogen-bond donors (Lipinski definition) is 4. The molecule has 1 atom stereocenters. The van der Waals surface area contributed by atoms with Crippen molar-refractivity contribution in [3.63, 3.8) is 0 Å². The number of aliphatic hydroxyl groups excluding tert-OH is 1. The first-order valence-corrected chi connectivity index (χ1v) is 12.7. The Hall–Kier alpha value is -3.09. The number of carbonyl (C=O) groups is 2. The summed E-state index contributed by atoms with van der Waals surface area (Å²) in [6.07, 6.45) is 1.38. The van der Waals surface area contributed by atoms with Crippen LogP contribution in [-0.4, -0.2) is 59.2 Å². The summed E-state index contributed by atoms with van der Waals surface area (Å²) in [6, 6.07) is 5.49. The predicted molar refractivity (Wildman–Crippen MR) is 143 cm³/mol. The number of nitrogens with one attached hydrogen (secondary N) is 3. The van der Waals surface area contributed by atoms with E-state index >= 15 is 0 Å². The van der Waals surface area contributed by atoms with Gasteiger partial charge in [0.15, 0.2) is 0 Å². The molecule has 2 amide bonds. The average Bonchev–Trinajstić information content (AvgIpc) is 3.43. The van der Waals surface area contributed by atoms with Crippen LogP contribution in [-0.2, 0) is 11.3 Å². The summed E-state index contributed by atoms with van der Waals surface area (Å²) >= 11 is 19.7. The van der Waals surface area contributed by atoms with Gasteiger partial charge in [0.1, 0.15) is 23.1 Å². The Labute approximate surface area is 230 Å². The summed E-state index contributed by atoms with van der Waals surface area (Å²) in [4.78, 5) is 32.1. The topological polar surface area (TPSA) is 137 Å². The number of hydrogen-bond acceptors (Lipinski definition) is 8. The second-order valence-electron chi connectivity index (χ2n) is 7.79. The molecule has 1 fully saturated rings. The fourth-order valence-corrected chi connectivity index (χ4v) is 5.11. The van der Waals surface area contributed by atoms with Crippen molar-refractivity contribution < 1.29 is 24.2 Å². The third-order valence-electron chi connectivity index (χ3n) is 5.41. The third kappa shape index (κ3) is 5.91. The van der Waals surface area contributed by atoms with Crippen molar-refractivity contribution in [2.24, 2.45) is 0 Å². The number of halogens is 3. The van der Waals surface area contributed by atoms with E-state index in [4.69, 9.17) is 49.7 Å². The molecule has 3 aromatic rings. The first-order valence-electron chi connectivity index (χ1n) is 10.7. The zero-order valence-corrected chi connectivity index (χ0v) is 22.3. The molecule has 10 nitrogen and oxygen atoms in total. The minimum atomic E-state index is -0.591. The molecule has 1 aliphatic heterocycles. The van der Waals surface area contributed by atoms with Crippen LogP contribution in [0.4, 0.5) is 11.5 Å². The van der Waals surface area contributed by atoms with E-state index in [-0.39, 0.29) is 69.6 Å². The van der Waals surface area contributed by atoms with Gasteiger partial charge in [-0.3, -0.25) is 15.0 Å². The summed E-state index contributed by atoms with van der Waals surface area (Å²) in [5.41, 5.74) is 0.709. The Kier molecular flexibility index (Phi) is 8.40. The average molecular weight is 585 g/mol. The molecule has 37 heavy (non-hydrogen) atoms. The number of anilines is 2. The summed E-state index contributed by atoms with van der Waals surface area (Å²) in [5.74, 6) is -0.760. The molecule has 3 heterocycles. The summed E-state index contributed by atoms with van der Waals surface area (Å²) in [7, 11) is 1.38. The van der Waals surface area contributed by atoms with E-state index in [0.717, 1.165) is 11.3 Å². The number of carbonyl (C=O) groups excluding carboxylic acids is 2. The molecule has 14 heteroatoms. The zero-order chi connectivity index (χ0) is 26.7. The molecule has 0 bridgehead atoms. The van der Waals surface area contributed by atoms with Gasteiger partial charge < -0.3 is 30.1 Å². The molecule has 1 aliphatic rings. The van der Waals surface area contributed by atoms with Gasteiger partial charge in [0.25, 0.3) is 17.8 Å². The van der Waals surface area contributed by atoms with Crippen LogP contribution in [0.3, 0.4) is 0 Å². The first-order chi connectivity index (χ1) is 17.7. The Morgan fingerprint density at radius 1 is 1.24 bits per heavy atom. The molecule has 1 saturated heterocycles. The molecule has 1 aromatic carbocycles. The molecule has 0 aliphatic carbocycles. The second kappa shape index (κ2) is 11.5. The number of thiophene rings is 1. The van der Waals surface area contributed by atoms with Crippen molar-refractivity contribution in [1.29, 1.82) is 5.41 Å². The summed E-state index contributed by atoms with van der Waals surface area (Å²) in [6.45, 7) is 0.181. The quantitative estimate of drug-likeness (QED) is 0.300. The van der Waals surface area contributed by atoms with Gasteiger partial charge in [0, 0.05) is 22.8 Å². The number of nitrogens with zero attached hydrogens (tertiary/aromatic N) is 2. The Bertz CT molecular complexity index is 1350. The Balaban J connectivity index is 1.59. The SMILES string of the molecule is COc1cc(Cl)cc(C(=O)Nc2ccc(Cl)cn2)c1NC(=O)c1scc(CN2C(=N)OCC2CO)c1Cl. The molecule has 0 spiro atoms. The number of amidine groups is 1. The maximum Gasteiger partial charge on any atom is 0.285 e. The zero-order valence-electron chi connectivity index (χ0n) is 19.2. The van der Waals surface area contributed by atoms with Crippen molar-refractivity contribution in [2.45, 2.75) is 12.6 Å². The van der Waals surface area contributed by atoms with Crippen molar-refractivity contribution in [2.75, 3.05) is 31.0 Å². The number of aliphatic hydroxyl groups is 1. The minimum Gasteiger partial charge on any atom is -0.494 e. The standard InChI is InChI=1S/C23H20Cl3N5O5S/c1-35-16-5-13(25)4-15(21(33)29-17-3-2-12(24)6-28-17)19(16)30-22(34)20-18(26)11(10-37-20)7-31-14(8-32)9-36-23(31)27/h2-6,10,14,27,32H,7-9H2,1H3,(H,30,34)(H,28,29,33). The lowest BCUT2D eigenvalue weighted by Crippen LogP contribution is -2.35. The van der Waals surface area contributed by atoms with Crippen LogP contribution in [0.2, 0.25) is 15.1 Å². The van der Waals surface area contributed by atoms with Crippen LogP contribution in [0.25, 0.3) is 0 Å². The lowest BCUT2D eigenvalue weighted by atomic mass is 10.1. The Morgan fingerprint density at radius 3 is 2.70 bits per heavy atom.